The van der Waals surface area contributed by atoms with Crippen LogP contribution >= 0.6 is 11.3 Å². The number of nitrogens with zero attached hydrogens (tertiary/aromatic N) is 2. The van der Waals surface area contributed by atoms with Crippen LogP contribution in [0.25, 0.3) is 11.0 Å². The number of para-hydroxylation sites is 2. The number of aryl methyl sites for hydroxylation is 1. The number of benzene rings is 1. The van der Waals surface area contributed by atoms with Gasteiger partial charge in [-0.05, 0) is 38.0 Å². The van der Waals surface area contributed by atoms with E-state index in [1.54, 1.807) is 38.1 Å². The molecule has 0 bridgehead atoms. The number of amides is 1. The van der Waals surface area contributed by atoms with E-state index in [4.69, 9.17) is 9.47 Å². The summed E-state index contributed by atoms with van der Waals surface area (Å²) in [5, 5.41) is 2.99. The molecule has 0 spiro atoms. The van der Waals surface area contributed by atoms with Gasteiger partial charge in [0.15, 0.2) is 6.61 Å². The van der Waals surface area contributed by atoms with Crippen LogP contribution < -0.4 is 10.9 Å². The van der Waals surface area contributed by atoms with Crippen molar-refractivity contribution in [1.29, 1.82) is 0 Å². The summed E-state index contributed by atoms with van der Waals surface area (Å²) in [7, 11) is 0. The largest absolute Gasteiger partial charge is 0.462 e. The topological polar surface area (TPSA) is 117 Å². The molecular weight excluding hydrogens is 434 g/mol. The third-order valence-corrected chi connectivity index (χ3v) is 6.05. The number of nitrogens with one attached hydrogen (secondary N) is 1. The fraction of sp³-hybridized carbons (Fsp3) is 0.318. The molecule has 9 nitrogen and oxygen atoms in total. The average molecular weight is 458 g/mol. The summed E-state index contributed by atoms with van der Waals surface area (Å²) in [6.45, 7) is 4.75. The zero-order valence-corrected chi connectivity index (χ0v) is 18.8. The van der Waals surface area contributed by atoms with Crippen molar-refractivity contribution < 1.29 is 23.9 Å². The third-order valence-electron chi connectivity index (χ3n) is 4.70. The smallest absolute Gasteiger partial charge is 0.341 e. The van der Waals surface area contributed by atoms with Crippen molar-refractivity contribution in [3.05, 3.63) is 56.8 Å². The lowest BCUT2D eigenvalue weighted by Gasteiger charge is -2.10. The van der Waals surface area contributed by atoms with Gasteiger partial charge in [-0.15, -0.1) is 11.3 Å². The quantitative estimate of drug-likeness (QED) is 0.517. The predicted molar refractivity (Wildman–Crippen MR) is 120 cm³/mol. The molecule has 0 fully saturated rings. The number of anilines is 1. The standard InChI is InChI=1S/C22H23N3O6S/c1-4-16-13(3)20(22(29)30-5-2)21(32-16)24-17(26)12-31-19(28)11-25-15-9-7-6-8-14(15)23-10-18(25)27/h6-10H,4-5,11-12H2,1-3H3,(H,24,26). The van der Waals surface area contributed by atoms with Crippen molar-refractivity contribution in [2.24, 2.45) is 0 Å². The molecule has 3 aromatic rings. The minimum absolute atomic E-state index is 0.212. The molecule has 2 aromatic heterocycles. The summed E-state index contributed by atoms with van der Waals surface area (Å²) in [5.41, 5.74) is 1.66. The van der Waals surface area contributed by atoms with Crippen LogP contribution in [0, 0.1) is 6.92 Å². The second-order valence-electron chi connectivity index (χ2n) is 6.81. The lowest BCUT2D eigenvalue weighted by molar-refractivity contribution is -0.147. The molecule has 0 radical (unpaired) electrons. The van der Waals surface area contributed by atoms with Crippen molar-refractivity contribution in [3.8, 4) is 0 Å². The molecule has 0 aliphatic carbocycles. The van der Waals surface area contributed by atoms with Crippen molar-refractivity contribution in [1.82, 2.24) is 9.55 Å². The number of carbonyl (C=O) groups is 3. The molecule has 1 amide bonds. The molecule has 3 rings (SSSR count). The molecule has 0 aliphatic heterocycles. The van der Waals surface area contributed by atoms with Gasteiger partial charge in [0.1, 0.15) is 11.5 Å². The van der Waals surface area contributed by atoms with Crippen LogP contribution in [0.1, 0.15) is 34.6 Å². The summed E-state index contributed by atoms with van der Waals surface area (Å²) in [6, 6.07) is 6.89. The Bertz CT molecular complexity index is 1230. The molecule has 0 atom stereocenters. The number of carbonyl (C=O) groups excluding carboxylic acids is 3. The molecule has 0 saturated carbocycles. The zero-order valence-electron chi connectivity index (χ0n) is 18.0. The Morgan fingerprint density at radius 1 is 1.16 bits per heavy atom. The highest BCUT2D eigenvalue weighted by molar-refractivity contribution is 7.17. The minimum Gasteiger partial charge on any atom is -0.462 e. The van der Waals surface area contributed by atoms with E-state index in [-0.39, 0.29) is 13.2 Å². The molecule has 2 heterocycles. The van der Waals surface area contributed by atoms with Crippen LogP contribution in [0.4, 0.5) is 5.00 Å². The van der Waals surface area contributed by atoms with E-state index in [0.717, 1.165) is 16.6 Å². The van der Waals surface area contributed by atoms with Crippen LogP contribution in [-0.4, -0.2) is 40.6 Å². The summed E-state index contributed by atoms with van der Waals surface area (Å²) in [6.07, 6.45) is 1.83. The molecule has 1 aromatic carbocycles. The first-order chi connectivity index (χ1) is 15.3. The first kappa shape index (κ1) is 23.1. The Hall–Kier alpha value is -3.53. The van der Waals surface area contributed by atoms with E-state index in [9.17, 15) is 19.2 Å². The number of aromatic nitrogens is 2. The number of rotatable bonds is 8. The van der Waals surface area contributed by atoms with Crippen LogP contribution in [0.15, 0.2) is 35.3 Å². The van der Waals surface area contributed by atoms with Gasteiger partial charge in [-0.1, -0.05) is 19.1 Å². The molecule has 0 saturated heterocycles. The van der Waals surface area contributed by atoms with E-state index in [1.807, 2.05) is 6.92 Å². The van der Waals surface area contributed by atoms with E-state index in [2.05, 4.69) is 10.3 Å². The number of fused-ring (bicyclic) bond motifs is 1. The molecule has 1 N–H and O–H groups in total. The molecule has 32 heavy (non-hydrogen) atoms. The lowest BCUT2D eigenvalue weighted by atomic mass is 10.1. The number of hydrogen-bond acceptors (Lipinski definition) is 8. The van der Waals surface area contributed by atoms with Crippen LogP contribution in [0.3, 0.4) is 0 Å². The Kier molecular flexibility index (Phi) is 7.37. The van der Waals surface area contributed by atoms with Gasteiger partial charge in [-0.25, -0.2) is 9.78 Å². The molecule has 10 heteroatoms. The van der Waals surface area contributed by atoms with Crippen LogP contribution in [-0.2, 0) is 32.0 Å². The summed E-state index contributed by atoms with van der Waals surface area (Å²) < 4.78 is 11.4. The zero-order chi connectivity index (χ0) is 23.3. The fourth-order valence-corrected chi connectivity index (χ4v) is 4.35. The van der Waals surface area contributed by atoms with E-state index >= 15 is 0 Å². The summed E-state index contributed by atoms with van der Waals surface area (Å²) >= 11 is 1.28. The van der Waals surface area contributed by atoms with Gasteiger partial charge >= 0.3 is 11.9 Å². The first-order valence-corrected chi connectivity index (χ1v) is 10.9. The van der Waals surface area contributed by atoms with Gasteiger partial charge < -0.3 is 14.8 Å². The highest BCUT2D eigenvalue weighted by atomic mass is 32.1. The van der Waals surface area contributed by atoms with Crippen molar-refractivity contribution in [3.63, 3.8) is 0 Å². The lowest BCUT2D eigenvalue weighted by Crippen LogP contribution is -2.28. The molecule has 168 valence electrons. The highest BCUT2D eigenvalue weighted by Gasteiger charge is 2.23. The number of hydrogen-bond donors (Lipinski definition) is 1. The van der Waals surface area contributed by atoms with Gasteiger partial charge in [0, 0.05) is 4.88 Å². The van der Waals surface area contributed by atoms with Crippen LogP contribution in [0.2, 0.25) is 0 Å². The van der Waals surface area contributed by atoms with Crippen molar-refractivity contribution in [2.75, 3.05) is 18.5 Å². The third kappa shape index (κ3) is 5.02. The van der Waals surface area contributed by atoms with E-state index < -0.39 is 30.0 Å². The Morgan fingerprint density at radius 3 is 2.62 bits per heavy atom. The second-order valence-corrected chi connectivity index (χ2v) is 7.91. The van der Waals surface area contributed by atoms with E-state index in [1.165, 1.54) is 15.9 Å². The Balaban J connectivity index is 1.67. The number of thiophene rings is 1. The number of esters is 2. The van der Waals surface area contributed by atoms with Gasteiger partial charge in [-0.3, -0.25) is 19.0 Å². The normalized spacial score (nSPS) is 10.7. The van der Waals surface area contributed by atoms with Gasteiger partial charge in [0.25, 0.3) is 11.5 Å². The Morgan fingerprint density at radius 2 is 1.91 bits per heavy atom. The maximum absolute atomic E-state index is 12.4. The van der Waals surface area contributed by atoms with Gasteiger partial charge in [0.05, 0.1) is 29.4 Å². The summed E-state index contributed by atoms with van der Waals surface area (Å²) in [4.78, 5) is 54.1. The average Bonchev–Trinajstić information content (AvgIpc) is 3.09. The molecule has 0 aliphatic rings. The van der Waals surface area contributed by atoms with E-state index in [0.29, 0.717) is 28.0 Å². The summed E-state index contributed by atoms with van der Waals surface area (Å²) in [5.74, 6) is -1.86. The van der Waals surface area contributed by atoms with Gasteiger partial charge in [0.2, 0.25) is 0 Å². The van der Waals surface area contributed by atoms with Crippen LogP contribution in [0.5, 0.6) is 0 Å². The highest BCUT2D eigenvalue weighted by Crippen LogP contribution is 2.34. The Labute approximate surface area is 188 Å². The van der Waals surface area contributed by atoms with Gasteiger partial charge in [-0.2, -0.15) is 0 Å². The number of ether oxygens (including phenoxy) is 2. The maximum atomic E-state index is 12.4. The first-order valence-electron chi connectivity index (χ1n) is 10.0. The van der Waals surface area contributed by atoms with Crippen molar-refractivity contribution >= 4 is 45.2 Å². The second kappa shape index (κ2) is 10.2. The SMILES string of the molecule is CCOC(=O)c1c(NC(=O)COC(=O)Cn2c(=O)cnc3ccccc32)sc(CC)c1C. The minimum atomic E-state index is -0.749. The van der Waals surface area contributed by atoms with Crippen molar-refractivity contribution in [2.45, 2.75) is 33.7 Å². The predicted octanol–water partition coefficient (Wildman–Crippen LogP) is 2.69. The molecule has 0 unspecified atom stereocenters. The fourth-order valence-electron chi connectivity index (χ4n) is 3.20. The monoisotopic (exact) mass is 457 g/mol. The molecular formula is C22H23N3O6S. The maximum Gasteiger partial charge on any atom is 0.341 e.